The fourth-order valence-corrected chi connectivity index (χ4v) is 3.75. The van der Waals surface area contributed by atoms with E-state index < -0.39 is 0 Å². The molecular weight excluding hydrogens is 374 g/mol. The van der Waals surface area contributed by atoms with Gasteiger partial charge >= 0.3 is 5.97 Å². The van der Waals surface area contributed by atoms with Gasteiger partial charge in [-0.2, -0.15) is 0 Å². The lowest BCUT2D eigenvalue weighted by molar-refractivity contribution is -0.149. The van der Waals surface area contributed by atoms with Gasteiger partial charge in [-0.25, -0.2) is 4.98 Å². The average Bonchev–Trinajstić information content (AvgIpc) is 3.11. The monoisotopic (exact) mass is 399 g/mol. The van der Waals surface area contributed by atoms with Crippen molar-refractivity contribution in [2.24, 2.45) is 24.0 Å². The summed E-state index contributed by atoms with van der Waals surface area (Å²) < 4.78 is 12.5. The van der Waals surface area contributed by atoms with Crippen LogP contribution < -0.4 is 4.74 Å². The summed E-state index contributed by atoms with van der Waals surface area (Å²) in [4.78, 5) is 19.4. The summed E-state index contributed by atoms with van der Waals surface area (Å²) in [5.74, 6) is 0.553. The summed E-state index contributed by atoms with van der Waals surface area (Å²) in [6, 6.07) is 3.66. The highest BCUT2D eigenvalue weighted by Gasteiger charge is 2.32. The first kappa shape index (κ1) is 20.6. The predicted molar refractivity (Wildman–Crippen MR) is 105 cm³/mol. The van der Waals surface area contributed by atoms with Gasteiger partial charge in [0.05, 0.1) is 43.3 Å². The lowest BCUT2D eigenvalue weighted by Gasteiger charge is -2.29. The smallest absolute Gasteiger partial charge is 0.309 e. The fourth-order valence-electron chi connectivity index (χ4n) is 3.75. The van der Waals surface area contributed by atoms with Gasteiger partial charge in [-0.05, 0) is 37.4 Å². The molecule has 0 N–H and O–H groups in total. The summed E-state index contributed by atoms with van der Waals surface area (Å²) in [7, 11) is 3.18. The van der Waals surface area contributed by atoms with E-state index >= 15 is 0 Å². The minimum absolute atomic E-state index is 0.107. The third kappa shape index (κ3) is 4.65. The maximum Gasteiger partial charge on any atom is 0.309 e. The minimum Gasteiger partial charge on any atom is -0.491 e. The molecule has 1 aliphatic carbocycles. The Bertz CT molecular complexity index is 921. The van der Waals surface area contributed by atoms with Crippen molar-refractivity contribution in [3.8, 4) is 17.1 Å². The molecular formula is C19H25N7O3. The lowest BCUT2D eigenvalue weighted by atomic mass is 9.80. The van der Waals surface area contributed by atoms with Gasteiger partial charge in [0.15, 0.2) is 0 Å². The van der Waals surface area contributed by atoms with Crippen LogP contribution in [0, 0.1) is 18.8 Å². The van der Waals surface area contributed by atoms with Crippen LogP contribution in [0.2, 0.25) is 0 Å². The zero-order chi connectivity index (χ0) is 20.8. The zero-order valence-corrected chi connectivity index (χ0v) is 16.9. The number of azide groups is 1. The number of hydrogen-bond acceptors (Lipinski definition) is 7. The van der Waals surface area contributed by atoms with E-state index in [1.165, 1.54) is 7.11 Å². The van der Waals surface area contributed by atoms with Crippen molar-refractivity contribution in [2.75, 3.05) is 13.7 Å². The number of hydrogen-bond donors (Lipinski definition) is 0. The SMILES string of the molecule is COC(=O)[C@H]1CCCC[C@@H]1COc1ccc(-c2nnn(C)c2CN=[N+]=[N-])nc1C. The van der Waals surface area contributed by atoms with Crippen LogP contribution in [-0.2, 0) is 23.1 Å². The molecule has 0 aromatic carbocycles. The highest BCUT2D eigenvalue weighted by atomic mass is 16.5. The summed E-state index contributed by atoms with van der Waals surface area (Å²) in [6.07, 6.45) is 3.93. The molecule has 0 amide bonds. The summed E-state index contributed by atoms with van der Waals surface area (Å²) >= 11 is 0. The second-order valence-electron chi connectivity index (χ2n) is 7.16. The Balaban J connectivity index is 1.73. The molecule has 2 aromatic rings. The Morgan fingerprint density at radius 1 is 1.38 bits per heavy atom. The van der Waals surface area contributed by atoms with Crippen molar-refractivity contribution in [1.29, 1.82) is 0 Å². The van der Waals surface area contributed by atoms with Gasteiger partial charge in [0.1, 0.15) is 11.4 Å². The van der Waals surface area contributed by atoms with Crippen LogP contribution in [0.15, 0.2) is 17.2 Å². The quantitative estimate of drug-likeness (QED) is 0.304. The van der Waals surface area contributed by atoms with E-state index in [9.17, 15) is 4.79 Å². The summed E-state index contributed by atoms with van der Waals surface area (Å²) in [5, 5.41) is 11.7. The highest BCUT2D eigenvalue weighted by molar-refractivity contribution is 5.72. The molecule has 3 rings (SSSR count). The van der Waals surface area contributed by atoms with Crippen molar-refractivity contribution in [3.63, 3.8) is 0 Å². The van der Waals surface area contributed by atoms with Crippen LogP contribution >= 0.6 is 0 Å². The van der Waals surface area contributed by atoms with E-state index in [2.05, 4.69) is 25.3 Å². The number of aryl methyl sites for hydroxylation is 2. The number of carbonyl (C=O) groups excluding carboxylic acids is 1. The number of nitrogens with zero attached hydrogens (tertiary/aromatic N) is 7. The normalized spacial score (nSPS) is 18.7. The molecule has 2 heterocycles. The van der Waals surface area contributed by atoms with Gasteiger partial charge in [-0.3, -0.25) is 9.48 Å². The fraction of sp³-hybridized carbons (Fsp3) is 0.579. The van der Waals surface area contributed by atoms with Gasteiger partial charge in [0.25, 0.3) is 0 Å². The molecule has 1 saturated carbocycles. The zero-order valence-electron chi connectivity index (χ0n) is 16.9. The molecule has 2 atom stereocenters. The molecule has 1 aliphatic rings. The Labute approximate surface area is 168 Å². The number of pyridine rings is 1. The number of aromatic nitrogens is 4. The van der Waals surface area contributed by atoms with Crippen LogP contribution in [0.3, 0.4) is 0 Å². The standard InChI is InChI=1S/C19H25N7O3/c1-12-17(29-11-13-6-4-5-7-14(13)19(27)28-3)9-8-15(22-12)18-16(10-21-24-20)26(2)25-23-18/h8-9,13-14H,4-7,10-11H2,1-3H3/t13-,14+/m1/s1. The Hall–Kier alpha value is -3.13. The molecule has 154 valence electrons. The number of esters is 1. The van der Waals surface area contributed by atoms with E-state index in [0.717, 1.165) is 25.7 Å². The molecule has 0 aliphatic heterocycles. The first-order valence-corrected chi connectivity index (χ1v) is 9.63. The first-order chi connectivity index (χ1) is 14.0. The number of ether oxygens (including phenoxy) is 2. The second-order valence-corrected chi connectivity index (χ2v) is 7.16. The molecule has 0 radical (unpaired) electrons. The molecule has 10 heteroatoms. The van der Waals surface area contributed by atoms with E-state index in [-0.39, 0.29) is 24.3 Å². The highest BCUT2D eigenvalue weighted by Crippen LogP contribution is 2.32. The molecule has 0 bridgehead atoms. The molecule has 29 heavy (non-hydrogen) atoms. The van der Waals surface area contributed by atoms with Crippen molar-refractivity contribution in [2.45, 2.75) is 39.2 Å². The topological polar surface area (TPSA) is 128 Å². The molecule has 0 saturated heterocycles. The van der Waals surface area contributed by atoms with Crippen LogP contribution in [0.25, 0.3) is 21.8 Å². The third-order valence-corrected chi connectivity index (χ3v) is 5.37. The Morgan fingerprint density at radius 3 is 2.90 bits per heavy atom. The van der Waals surface area contributed by atoms with Crippen molar-refractivity contribution < 1.29 is 14.3 Å². The summed E-state index contributed by atoms with van der Waals surface area (Å²) in [6.45, 7) is 2.46. The minimum atomic E-state index is -0.154. The van der Waals surface area contributed by atoms with Crippen molar-refractivity contribution >= 4 is 5.97 Å². The number of rotatable bonds is 7. The Morgan fingerprint density at radius 2 is 2.17 bits per heavy atom. The van der Waals surface area contributed by atoms with E-state index in [1.807, 2.05) is 19.1 Å². The molecule has 1 fully saturated rings. The van der Waals surface area contributed by atoms with E-state index in [0.29, 0.717) is 35.1 Å². The summed E-state index contributed by atoms with van der Waals surface area (Å²) in [5.41, 5.74) is 11.2. The third-order valence-electron chi connectivity index (χ3n) is 5.37. The van der Waals surface area contributed by atoms with Crippen LogP contribution in [0.4, 0.5) is 0 Å². The van der Waals surface area contributed by atoms with Gasteiger partial charge < -0.3 is 9.47 Å². The molecule has 10 nitrogen and oxygen atoms in total. The van der Waals surface area contributed by atoms with Gasteiger partial charge in [0, 0.05) is 17.9 Å². The van der Waals surface area contributed by atoms with Crippen molar-refractivity contribution in [3.05, 3.63) is 34.0 Å². The van der Waals surface area contributed by atoms with Crippen LogP contribution in [0.1, 0.15) is 37.1 Å². The van der Waals surface area contributed by atoms with E-state index in [1.54, 1.807) is 11.7 Å². The van der Waals surface area contributed by atoms with Crippen molar-refractivity contribution in [1.82, 2.24) is 20.0 Å². The predicted octanol–water partition coefficient (Wildman–Crippen LogP) is 3.35. The van der Waals surface area contributed by atoms with Crippen LogP contribution in [0.5, 0.6) is 5.75 Å². The Kier molecular flexibility index (Phi) is 6.66. The molecule has 0 spiro atoms. The second kappa shape index (κ2) is 9.38. The van der Waals surface area contributed by atoms with E-state index in [4.69, 9.17) is 15.0 Å². The van der Waals surface area contributed by atoms with Gasteiger partial charge in [-0.1, -0.05) is 23.2 Å². The maximum atomic E-state index is 12.0. The molecule has 0 unspecified atom stereocenters. The first-order valence-electron chi connectivity index (χ1n) is 9.63. The number of methoxy groups -OCH3 is 1. The largest absolute Gasteiger partial charge is 0.491 e. The van der Waals surface area contributed by atoms with Crippen LogP contribution in [-0.4, -0.2) is 39.7 Å². The lowest BCUT2D eigenvalue weighted by Crippen LogP contribution is -2.32. The number of carbonyl (C=O) groups is 1. The molecule has 2 aromatic heterocycles. The average molecular weight is 399 g/mol. The van der Waals surface area contributed by atoms with Gasteiger partial charge in [-0.15, -0.1) is 5.10 Å². The maximum absolute atomic E-state index is 12.0. The van der Waals surface area contributed by atoms with Gasteiger partial charge in [0.2, 0.25) is 0 Å².